The molecule has 0 N–H and O–H groups in total. The molecule has 0 unspecified atom stereocenters. The molecule has 0 saturated carbocycles. The third-order valence-corrected chi connectivity index (χ3v) is 10.5. The fraction of sp³-hybridized carbons (Fsp3) is 0. The Balaban J connectivity index is 1.25. The Bertz CT molecular complexity index is 3600. The molecule has 11 rings (SSSR count). The number of anilines is 3. The second-order valence-corrected chi connectivity index (χ2v) is 13.5. The Hall–Kier alpha value is -7.16. The van der Waals surface area contributed by atoms with Crippen LogP contribution in [0, 0.1) is 0 Å². The van der Waals surface area contributed by atoms with Gasteiger partial charge in [-0.25, -0.2) is 0 Å². The van der Waals surface area contributed by atoms with Crippen LogP contribution in [0.5, 0.6) is 0 Å². The van der Waals surface area contributed by atoms with Crippen molar-refractivity contribution in [2.45, 2.75) is 0 Å². The molecule has 0 aliphatic rings. The number of hydrogen-bond acceptors (Lipinski definition) is 1. The first-order chi connectivity index (χ1) is 30.2. The van der Waals surface area contributed by atoms with Crippen molar-refractivity contribution in [2.75, 3.05) is 4.90 Å². The number of fused-ring (bicyclic) bond motifs is 9. The van der Waals surface area contributed by atoms with E-state index in [9.17, 15) is 11.0 Å². The molecule has 2 heteroatoms. The van der Waals surface area contributed by atoms with Gasteiger partial charge in [0.1, 0.15) is 0 Å². The number of nitrogens with zero attached hydrogens (tertiary/aromatic N) is 2. The van der Waals surface area contributed by atoms with E-state index in [0.717, 1.165) is 59.5 Å². The summed E-state index contributed by atoms with van der Waals surface area (Å²) in [6, 6.07) is 47.3. The normalized spacial score (nSPS) is 13.8. The lowest BCUT2D eigenvalue weighted by molar-refractivity contribution is 1.17. The summed E-state index contributed by atoms with van der Waals surface area (Å²) >= 11 is 0. The maximum Gasteiger partial charge on any atom is 0.0646 e. The van der Waals surface area contributed by atoms with Crippen molar-refractivity contribution in [3.63, 3.8) is 0 Å². The van der Waals surface area contributed by atoms with Gasteiger partial charge >= 0.3 is 0 Å². The number of aromatic nitrogens is 1. The largest absolute Gasteiger partial charge is 0.310 e. The molecule has 0 aliphatic carbocycles. The minimum atomic E-state index is -0.401. The van der Waals surface area contributed by atoms with Crippen molar-refractivity contribution in [1.29, 1.82) is 0 Å². The molecular weight excluding hydrogens is 653 g/mol. The van der Waals surface area contributed by atoms with Gasteiger partial charge in [-0.2, -0.15) is 0 Å². The van der Waals surface area contributed by atoms with Crippen LogP contribution in [0.1, 0.15) is 11.0 Å². The van der Waals surface area contributed by atoms with E-state index in [-0.39, 0.29) is 58.9 Å². The summed E-state index contributed by atoms with van der Waals surface area (Å²) < 4.78 is 79.8. The molecule has 0 aliphatic heterocycles. The first-order valence-corrected chi connectivity index (χ1v) is 18.0. The minimum absolute atomic E-state index is 0.0579. The van der Waals surface area contributed by atoms with E-state index in [0.29, 0.717) is 16.6 Å². The van der Waals surface area contributed by atoms with Crippen LogP contribution in [0.25, 0.3) is 81.7 Å². The Kier molecular flexibility index (Phi) is 5.30. The van der Waals surface area contributed by atoms with Gasteiger partial charge in [-0.15, -0.1) is 0 Å². The molecule has 1 aromatic heterocycles. The monoisotopic (exact) mass is 694 g/mol. The topological polar surface area (TPSA) is 8.17 Å². The third kappa shape index (κ3) is 4.74. The quantitative estimate of drug-likeness (QED) is 0.163. The molecule has 0 atom stereocenters. The van der Waals surface area contributed by atoms with E-state index in [4.69, 9.17) is 0 Å². The second kappa shape index (κ2) is 12.2. The van der Waals surface area contributed by atoms with Crippen molar-refractivity contribution in [1.82, 2.24) is 4.57 Å². The van der Waals surface area contributed by atoms with E-state index in [1.54, 1.807) is 4.57 Å². The fourth-order valence-electron chi connectivity index (χ4n) is 8.07. The van der Waals surface area contributed by atoms with Crippen LogP contribution in [-0.4, -0.2) is 4.57 Å². The molecule has 2 nitrogen and oxygen atoms in total. The smallest absolute Gasteiger partial charge is 0.0646 e. The zero-order valence-electron chi connectivity index (χ0n) is 36.9. The molecule has 0 spiro atoms. The van der Waals surface area contributed by atoms with Crippen molar-refractivity contribution in [3.05, 3.63) is 206 Å². The Morgan fingerprint density at radius 2 is 0.796 bits per heavy atom. The van der Waals surface area contributed by atoms with E-state index < -0.39 is 12.1 Å². The lowest BCUT2D eigenvalue weighted by Crippen LogP contribution is -2.11. The maximum atomic E-state index is 9.83. The van der Waals surface area contributed by atoms with Gasteiger partial charge in [-0.3, -0.25) is 0 Å². The Morgan fingerprint density at radius 1 is 0.370 bits per heavy atom. The van der Waals surface area contributed by atoms with Crippen LogP contribution in [0.15, 0.2) is 206 Å². The highest BCUT2D eigenvalue weighted by atomic mass is 15.1. The molecular formula is C52H34N2. The minimum Gasteiger partial charge on any atom is -0.310 e. The lowest BCUT2D eigenvalue weighted by Gasteiger charge is -2.28. The zero-order chi connectivity index (χ0) is 42.6. The van der Waals surface area contributed by atoms with E-state index in [1.165, 1.54) is 4.90 Å². The number of para-hydroxylation sites is 2. The summed E-state index contributed by atoms with van der Waals surface area (Å²) in [7, 11) is 0. The highest BCUT2D eigenvalue weighted by Gasteiger charge is 2.19. The average Bonchev–Trinajstić information content (AvgIpc) is 3.63. The van der Waals surface area contributed by atoms with Crippen LogP contribution in [-0.2, 0) is 0 Å². The third-order valence-electron chi connectivity index (χ3n) is 10.5. The Morgan fingerprint density at radius 3 is 1.39 bits per heavy atom. The van der Waals surface area contributed by atoms with Crippen LogP contribution >= 0.6 is 0 Å². The lowest BCUT2D eigenvalue weighted by atomic mass is 9.93. The second-order valence-electron chi connectivity index (χ2n) is 13.5. The molecule has 10 aromatic carbocycles. The summed E-state index contributed by atoms with van der Waals surface area (Å²) in [4.78, 5) is 1.42. The zero-order valence-corrected chi connectivity index (χ0v) is 28.9. The molecule has 0 saturated heterocycles. The molecule has 11 aromatic rings. The molecule has 0 fully saturated rings. The average molecular weight is 695 g/mol. The molecule has 54 heavy (non-hydrogen) atoms. The van der Waals surface area contributed by atoms with Crippen LogP contribution in [0.2, 0.25) is 0 Å². The SMILES string of the molecule is [2H]c1c([2H])c(N(c2c([2H])c([2H])c(-n3c4ccccc4c4ccccc43)c([2H])c2[2H])c2cc3ccccc3c3ccccc23)c([2H])c([2H])c1-c1cc2ccccc2c2ccccc12. The predicted octanol–water partition coefficient (Wildman–Crippen LogP) is 14.5. The first kappa shape index (κ1) is 23.4. The molecule has 0 bridgehead atoms. The fourth-order valence-corrected chi connectivity index (χ4v) is 8.07. The van der Waals surface area contributed by atoms with Crippen molar-refractivity contribution in [2.24, 2.45) is 0 Å². The highest BCUT2D eigenvalue weighted by Crippen LogP contribution is 2.44. The summed E-state index contributed by atoms with van der Waals surface area (Å²) in [5, 5.41) is 8.61. The van der Waals surface area contributed by atoms with Crippen molar-refractivity contribution in [3.8, 4) is 16.8 Å². The van der Waals surface area contributed by atoms with E-state index >= 15 is 0 Å². The number of benzene rings is 10. The van der Waals surface area contributed by atoms with Gasteiger partial charge in [-0.05, 0) is 109 Å². The summed E-state index contributed by atoms with van der Waals surface area (Å²) in [5.74, 6) is 0. The van der Waals surface area contributed by atoms with Gasteiger partial charge in [0.15, 0.2) is 0 Å². The molecule has 0 amide bonds. The van der Waals surface area contributed by atoms with Gasteiger partial charge < -0.3 is 9.47 Å². The van der Waals surface area contributed by atoms with E-state index in [1.807, 2.05) is 158 Å². The van der Waals surface area contributed by atoms with Crippen molar-refractivity contribution >= 4 is 82.0 Å². The molecule has 252 valence electrons. The maximum absolute atomic E-state index is 9.83. The van der Waals surface area contributed by atoms with Crippen LogP contribution < -0.4 is 4.90 Å². The van der Waals surface area contributed by atoms with Gasteiger partial charge in [0.2, 0.25) is 0 Å². The van der Waals surface area contributed by atoms with Crippen LogP contribution in [0.3, 0.4) is 0 Å². The summed E-state index contributed by atoms with van der Waals surface area (Å²) in [5.41, 5.74) is 2.15. The molecule has 1 heterocycles. The molecule has 0 radical (unpaired) electrons. The van der Waals surface area contributed by atoms with Gasteiger partial charge in [-0.1, -0.05) is 146 Å². The van der Waals surface area contributed by atoms with Gasteiger partial charge in [0.25, 0.3) is 0 Å². The number of rotatable bonds is 5. The highest BCUT2D eigenvalue weighted by molar-refractivity contribution is 6.16. The Labute approximate surface area is 324 Å². The van der Waals surface area contributed by atoms with E-state index in [2.05, 4.69) is 0 Å². The summed E-state index contributed by atoms with van der Waals surface area (Å²) in [6.45, 7) is 0. The number of hydrogen-bond donors (Lipinski definition) is 0. The van der Waals surface area contributed by atoms with Crippen LogP contribution in [0.4, 0.5) is 17.1 Å². The predicted molar refractivity (Wildman–Crippen MR) is 231 cm³/mol. The summed E-state index contributed by atoms with van der Waals surface area (Å²) in [6.07, 6.45) is 0. The van der Waals surface area contributed by atoms with Gasteiger partial charge in [0.05, 0.1) is 27.7 Å². The van der Waals surface area contributed by atoms with Crippen molar-refractivity contribution < 1.29 is 11.0 Å². The standard InChI is InChI=1S/C52H34N2/c1-3-15-41-36(13-1)33-49(45-19-6-5-17-43(41)45)35-25-27-38(28-26-35)53(52-34-37-14-2-4-16-42(37)44-18-7-8-20-46(44)52)39-29-31-40(32-30-39)54-50-23-11-9-21-47(50)48-22-10-12-24-51(48)54/h1-34H/i25D,26D,27D,28D,29D,30D,31D,32D. The van der Waals surface area contributed by atoms with Gasteiger partial charge in [0, 0.05) is 33.2 Å². The first-order valence-electron chi connectivity index (χ1n) is 22.0.